The maximum Gasteiger partial charge on any atom is 0.123 e. The van der Waals surface area contributed by atoms with Crippen LogP contribution in [0.15, 0.2) is 18.2 Å². The quantitative estimate of drug-likeness (QED) is 0.566. The van der Waals surface area contributed by atoms with E-state index in [2.05, 4.69) is 6.92 Å². The Morgan fingerprint density at radius 1 is 1.50 bits per heavy atom. The van der Waals surface area contributed by atoms with Gasteiger partial charge in [-0.2, -0.15) is 0 Å². The van der Waals surface area contributed by atoms with Crippen molar-refractivity contribution in [1.29, 1.82) is 5.41 Å². The fraction of sp³-hybridized carbons (Fsp3) is 0.364. The Bertz CT molecular complexity index is 334. The molecule has 0 unspecified atom stereocenters. The van der Waals surface area contributed by atoms with Crippen LogP contribution in [0.5, 0.6) is 5.75 Å². The Hall–Kier alpha value is -1.51. The summed E-state index contributed by atoms with van der Waals surface area (Å²) in [6, 6.07) is 5.58. The van der Waals surface area contributed by atoms with Gasteiger partial charge in [-0.25, -0.2) is 0 Å². The minimum atomic E-state index is 0.101. The zero-order valence-electron chi connectivity index (χ0n) is 8.63. The highest BCUT2D eigenvalue weighted by molar-refractivity contribution is 5.96. The first-order valence-corrected chi connectivity index (χ1v) is 4.73. The minimum absolute atomic E-state index is 0.101. The lowest BCUT2D eigenvalue weighted by molar-refractivity contribution is 0.317. The van der Waals surface area contributed by atoms with E-state index >= 15 is 0 Å². The molecule has 0 atom stereocenters. The Labute approximate surface area is 84.4 Å². The van der Waals surface area contributed by atoms with Crippen LogP contribution >= 0.6 is 0 Å². The highest BCUT2D eigenvalue weighted by atomic mass is 16.5. The van der Waals surface area contributed by atoms with Gasteiger partial charge in [-0.15, -0.1) is 0 Å². The molecule has 76 valence electrons. The summed E-state index contributed by atoms with van der Waals surface area (Å²) in [6.07, 6.45) is 0.994. The van der Waals surface area contributed by atoms with E-state index in [9.17, 15) is 0 Å². The Kier molecular flexibility index (Phi) is 3.51. The molecule has 0 amide bonds. The number of hydrogen-bond donors (Lipinski definition) is 2. The SMILES string of the molecule is CCCOc1ccc(C(=N)N)c(C)c1. The third-order valence-electron chi connectivity index (χ3n) is 1.96. The van der Waals surface area contributed by atoms with Crippen molar-refractivity contribution in [2.24, 2.45) is 5.73 Å². The summed E-state index contributed by atoms with van der Waals surface area (Å²) >= 11 is 0. The molecule has 0 saturated heterocycles. The van der Waals surface area contributed by atoms with E-state index in [1.54, 1.807) is 0 Å². The van der Waals surface area contributed by atoms with Crippen molar-refractivity contribution < 1.29 is 4.74 Å². The van der Waals surface area contributed by atoms with Gasteiger partial charge in [0.2, 0.25) is 0 Å². The van der Waals surface area contributed by atoms with Crippen LogP contribution in [0, 0.1) is 12.3 Å². The van der Waals surface area contributed by atoms with Gasteiger partial charge in [0, 0.05) is 5.56 Å². The summed E-state index contributed by atoms with van der Waals surface area (Å²) in [4.78, 5) is 0. The van der Waals surface area contributed by atoms with E-state index in [1.807, 2.05) is 25.1 Å². The smallest absolute Gasteiger partial charge is 0.123 e. The van der Waals surface area contributed by atoms with Crippen LogP contribution in [0.25, 0.3) is 0 Å². The number of aryl methyl sites for hydroxylation is 1. The number of nitrogens with two attached hydrogens (primary N) is 1. The second-order valence-electron chi connectivity index (χ2n) is 3.24. The fourth-order valence-electron chi connectivity index (χ4n) is 1.25. The molecule has 1 aromatic carbocycles. The van der Waals surface area contributed by atoms with Crippen molar-refractivity contribution in [2.45, 2.75) is 20.3 Å². The Morgan fingerprint density at radius 3 is 2.71 bits per heavy atom. The molecule has 3 heteroatoms. The Morgan fingerprint density at radius 2 is 2.21 bits per heavy atom. The number of amidine groups is 1. The molecule has 0 aliphatic rings. The fourth-order valence-corrected chi connectivity index (χ4v) is 1.25. The highest BCUT2D eigenvalue weighted by Crippen LogP contribution is 2.16. The molecule has 14 heavy (non-hydrogen) atoms. The summed E-state index contributed by atoms with van der Waals surface area (Å²) in [5, 5.41) is 7.32. The zero-order chi connectivity index (χ0) is 10.6. The van der Waals surface area contributed by atoms with Crippen LogP contribution < -0.4 is 10.5 Å². The van der Waals surface area contributed by atoms with E-state index < -0.39 is 0 Å². The number of nitrogens with one attached hydrogen (secondary N) is 1. The lowest BCUT2D eigenvalue weighted by atomic mass is 10.1. The molecular formula is C11H16N2O. The predicted molar refractivity (Wildman–Crippen MR) is 58.0 cm³/mol. The van der Waals surface area contributed by atoms with Crippen LogP contribution in [-0.2, 0) is 0 Å². The van der Waals surface area contributed by atoms with E-state index in [0.29, 0.717) is 0 Å². The van der Waals surface area contributed by atoms with Gasteiger partial charge in [0.15, 0.2) is 0 Å². The van der Waals surface area contributed by atoms with Crippen molar-refractivity contribution in [3.63, 3.8) is 0 Å². The Balaban J connectivity index is 2.83. The third-order valence-corrected chi connectivity index (χ3v) is 1.96. The average Bonchev–Trinajstić information content (AvgIpc) is 2.14. The van der Waals surface area contributed by atoms with Gasteiger partial charge in [0.25, 0.3) is 0 Å². The second-order valence-corrected chi connectivity index (χ2v) is 3.24. The van der Waals surface area contributed by atoms with E-state index in [-0.39, 0.29) is 5.84 Å². The first-order chi connectivity index (χ1) is 6.65. The van der Waals surface area contributed by atoms with Crippen molar-refractivity contribution in [3.8, 4) is 5.75 Å². The molecule has 1 aromatic rings. The zero-order valence-corrected chi connectivity index (χ0v) is 8.63. The first kappa shape index (κ1) is 10.6. The minimum Gasteiger partial charge on any atom is -0.494 e. The summed E-state index contributed by atoms with van der Waals surface area (Å²) in [7, 11) is 0. The largest absolute Gasteiger partial charge is 0.494 e. The van der Waals surface area contributed by atoms with Gasteiger partial charge in [-0.1, -0.05) is 6.92 Å². The molecule has 0 aliphatic heterocycles. The monoisotopic (exact) mass is 192 g/mol. The van der Waals surface area contributed by atoms with E-state index in [0.717, 1.165) is 29.9 Å². The molecule has 0 aromatic heterocycles. The lowest BCUT2D eigenvalue weighted by Gasteiger charge is -2.08. The molecule has 0 fully saturated rings. The second kappa shape index (κ2) is 4.65. The molecule has 0 aliphatic carbocycles. The number of benzene rings is 1. The predicted octanol–water partition coefficient (Wildman–Crippen LogP) is 2.07. The van der Waals surface area contributed by atoms with Crippen molar-refractivity contribution >= 4 is 5.84 Å². The van der Waals surface area contributed by atoms with Gasteiger partial charge in [0.1, 0.15) is 11.6 Å². The van der Waals surface area contributed by atoms with Crippen LogP contribution in [-0.4, -0.2) is 12.4 Å². The van der Waals surface area contributed by atoms with Crippen molar-refractivity contribution in [1.82, 2.24) is 0 Å². The summed E-state index contributed by atoms with van der Waals surface area (Å²) < 4.78 is 5.46. The van der Waals surface area contributed by atoms with Gasteiger partial charge in [-0.3, -0.25) is 5.41 Å². The third kappa shape index (κ3) is 2.49. The summed E-state index contributed by atoms with van der Waals surface area (Å²) in [5.74, 6) is 0.943. The van der Waals surface area contributed by atoms with E-state index in [1.165, 1.54) is 0 Å². The average molecular weight is 192 g/mol. The molecule has 3 N–H and O–H groups in total. The number of rotatable bonds is 4. The van der Waals surface area contributed by atoms with Crippen LogP contribution in [0.1, 0.15) is 24.5 Å². The molecule has 0 heterocycles. The summed E-state index contributed by atoms with van der Waals surface area (Å²) in [6.45, 7) is 4.71. The molecule has 1 rings (SSSR count). The van der Waals surface area contributed by atoms with Crippen molar-refractivity contribution in [3.05, 3.63) is 29.3 Å². The molecule has 0 bridgehead atoms. The number of hydrogen-bond acceptors (Lipinski definition) is 2. The maximum absolute atomic E-state index is 7.32. The number of nitrogen functional groups attached to an aromatic ring is 1. The summed E-state index contributed by atoms with van der Waals surface area (Å²) in [5.41, 5.74) is 7.16. The standard InChI is InChI=1S/C11H16N2O/c1-3-6-14-9-4-5-10(11(12)13)8(2)7-9/h4-5,7H,3,6H2,1-2H3,(H3,12,13). The van der Waals surface area contributed by atoms with Crippen molar-refractivity contribution in [2.75, 3.05) is 6.61 Å². The van der Waals surface area contributed by atoms with Gasteiger partial charge < -0.3 is 10.5 Å². The van der Waals surface area contributed by atoms with Gasteiger partial charge in [-0.05, 0) is 37.1 Å². The highest BCUT2D eigenvalue weighted by Gasteiger charge is 2.02. The van der Waals surface area contributed by atoms with E-state index in [4.69, 9.17) is 15.9 Å². The van der Waals surface area contributed by atoms with Gasteiger partial charge >= 0.3 is 0 Å². The molecular weight excluding hydrogens is 176 g/mol. The van der Waals surface area contributed by atoms with Crippen LogP contribution in [0.4, 0.5) is 0 Å². The number of ether oxygens (including phenoxy) is 1. The maximum atomic E-state index is 7.32. The van der Waals surface area contributed by atoms with Crippen LogP contribution in [0.3, 0.4) is 0 Å². The lowest BCUT2D eigenvalue weighted by Crippen LogP contribution is -2.12. The normalized spacial score (nSPS) is 9.86. The van der Waals surface area contributed by atoms with Gasteiger partial charge in [0.05, 0.1) is 6.61 Å². The van der Waals surface area contributed by atoms with Crippen LogP contribution in [0.2, 0.25) is 0 Å². The molecule has 3 nitrogen and oxygen atoms in total. The molecule has 0 radical (unpaired) electrons. The molecule has 0 saturated carbocycles. The molecule has 0 spiro atoms. The topological polar surface area (TPSA) is 59.1 Å². The first-order valence-electron chi connectivity index (χ1n) is 4.73.